The molecule has 5 rings (SSSR count). The summed E-state index contributed by atoms with van der Waals surface area (Å²) in [6, 6.07) is 5.78. The van der Waals surface area contributed by atoms with Crippen molar-refractivity contribution < 1.29 is 19.0 Å². The third kappa shape index (κ3) is 3.80. The van der Waals surface area contributed by atoms with E-state index in [1.807, 2.05) is 19.9 Å². The number of rotatable bonds is 3. The zero-order chi connectivity index (χ0) is 23.8. The number of anilines is 3. The minimum Gasteiger partial charge on any atom is -0.474 e. The number of ether oxygens (including phenoxy) is 3. The number of carbonyl (C=O) groups excluding carboxylic acids is 1. The number of pyridine rings is 2. The Kier molecular flexibility index (Phi) is 5.55. The van der Waals surface area contributed by atoms with Crippen LogP contribution in [0.1, 0.15) is 18.1 Å². The summed E-state index contributed by atoms with van der Waals surface area (Å²) in [5.74, 6) is 0.987. The fourth-order valence-electron chi connectivity index (χ4n) is 4.28. The summed E-state index contributed by atoms with van der Waals surface area (Å²) in [7, 11) is 0. The number of benzene rings is 1. The van der Waals surface area contributed by atoms with E-state index < -0.39 is 6.09 Å². The molecule has 2 aliphatic rings. The molecule has 1 fully saturated rings. The first kappa shape index (κ1) is 21.7. The van der Waals surface area contributed by atoms with Crippen molar-refractivity contribution in [1.82, 2.24) is 9.97 Å². The number of carbonyl (C=O) groups is 1. The van der Waals surface area contributed by atoms with Gasteiger partial charge in [0, 0.05) is 41.4 Å². The molecular formula is C24H24N6O4. The van der Waals surface area contributed by atoms with Gasteiger partial charge in [0.25, 0.3) is 0 Å². The Morgan fingerprint density at radius 1 is 1.29 bits per heavy atom. The molecule has 2 atom stereocenters. The van der Waals surface area contributed by atoms with Crippen LogP contribution < -0.4 is 21.1 Å². The van der Waals surface area contributed by atoms with Gasteiger partial charge in [-0.3, -0.25) is 5.32 Å². The summed E-state index contributed by atoms with van der Waals surface area (Å²) < 4.78 is 16.4. The molecule has 0 saturated carbocycles. The van der Waals surface area contributed by atoms with Crippen molar-refractivity contribution in [1.29, 1.82) is 5.26 Å². The van der Waals surface area contributed by atoms with E-state index in [0.717, 1.165) is 22.2 Å². The Bertz CT molecular complexity index is 1340. The van der Waals surface area contributed by atoms with Crippen LogP contribution in [0.25, 0.3) is 21.9 Å². The Hall–Kier alpha value is -4.10. The maximum absolute atomic E-state index is 12.4. The molecule has 10 nitrogen and oxygen atoms in total. The lowest BCUT2D eigenvalue weighted by Crippen LogP contribution is -2.27. The van der Waals surface area contributed by atoms with Crippen LogP contribution in [0.15, 0.2) is 24.5 Å². The number of nitrogens with one attached hydrogen (secondary N) is 2. The molecule has 2 aliphatic heterocycles. The first-order chi connectivity index (χ1) is 16.5. The van der Waals surface area contributed by atoms with Crippen molar-refractivity contribution in [3.8, 4) is 23.1 Å². The highest BCUT2D eigenvalue weighted by molar-refractivity contribution is 6.02. The molecule has 0 spiro atoms. The second-order valence-electron chi connectivity index (χ2n) is 8.45. The van der Waals surface area contributed by atoms with Crippen molar-refractivity contribution in [3.05, 3.63) is 35.7 Å². The fraction of sp³-hybridized carbons (Fsp3) is 0.333. The number of nitrogens with zero attached hydrogens (tertiary/aromatic N) is 3. The van der Waals surface area contributed by atoms with Gasteiger partial charge in [-0.15, -0.1) is 0 Å². The van der Waals surface area contributed by atoms with E-state index in [0.29, 0.717) is 60.3 Å². The normalized spacial score (nSPS) is 19.0. The molecular weight excluding hydrogens is 436 g/mol. The number of nitrogens with two attached hydrogens (primary N) is 1. The molecule has 1 saturated heterocycles. The van der Waals surface area contributed by atoms with Crippen LogP contribution in [0.2, 0.25) is 0 Å². The van der Waals surface area contributed by atoms with Gasteiger partial charge in [0.2, 0.25) is 5.88 Å². The second-order valence-corrected chi connectivity index (χ2v) is 8.45. The topological polar surface area (TPSA) is 144 Å². The summed E-state index contributed by atoms with van der Waals surface area (Å²) in [5, 5.41) is 17.2. The molecule has 2 aromatic heterocycles. The Morgan fingerprint density at radius 3 is 2.91 bits per heavy atom. The largest absolute Gasteiger partial charge is 0.474 e. The zero-order valence-corrected chi connectivity index (χ0v) is 18.8. The van der Waals surface area contributed by atoms with Gasteiger partial charge in [-0.1, -0.05) is 6.92 Å². The van der Waals surface area contributed by atoms with Crippen LogP contribution in [0, 0.1) is 24.2 Å². The molecule has 4 heterocycles. The van der Waals surface area contributed by atoms with E-state index in [-0.39, 0.29) is 12.0 Å². The lowest BCUT2D eigenvalue weighted by Gasteiger charge is -2.22. The van der Waals surface area contributed by atoms with Crippen molar-refractivity contribution >= 4 is 34.1 Å². The molecule has 0 unspecified atom stereocenters. The van der Waals surface area contributed by atoms with Crippen molar-refractivity contribution in [2.75, 3.05) is 42.7 Å². The Morgan fingerprint density at radius 2 is 2.15 bits per heavy atom. The minimum atomic E-state index is -0.600. The van der Waals surface area contributed by atoms with E-state index in [4.69, 9.17) is 19.9 Å². The molecule has 174 valence electrons. The molecule has 0 aliphatic carbocycles. The highest BCUT2D eigenvalue weighted by Crippen LogP contribution is 2.40. The average molecular weight is 460 g/mol. The highest BCUT2D eigenvalue weighted by atomic mass is 16.6. The molecule has 0 bridgehead atoms. The highest BCUT2D eigenvalue weighted by Gasteiger charge is 2.28. The SMILES string of the molecule is Cc1c(-c2cc3cc(NC(=O)O[C@H]4COC[C@H]4C)ncc3c(N)c2C#N)cnc2c1NCCO2. The minimum absolute atomic E-state index is 0.135. The predicted molar refractivity (Wildman–Crippen MR) is 127 cm³/mol. The van der Waals surface area contributed by atoms with Crippen LogP contribution >= 0.6 is 0 Å². The van der Waals surface area contributed by atoms with Gasteiger partial charge in [-0.2, -0.15) is 5.26 Å². The molecule has 1 amide bonds. The Balaban J connectivity index is 1.52. The second kappa shape index (κ2) is 8.68. The number of nitriles is 1. The van der Waals surface area contributed by atoms with Gasteiger partial charge in [0.1, 0.15) is 30.3 Å². The molecule has 4 N–H and O–H groups in total. The lowest BCUT2D eigenvalue weighted by molar-refractivity contribution is 0.0843. The maximum atomic E-state index is 12.4. The number of aromatic nitrogens is 2. The molecule has 1 aromatic carbocycles. The molecule has 0 radical (unpaired) electrons. The molecule has 34 heavy (non-hydrogen) atoms. The monoisotopic (exact) mass is 460 g/mol. The Labute approximate surface area is 196 Å². The van der Waals surface area contributed by atoms with Crippen LogP contribution in [-0.2, 0) is 9.47 Å². The quantitative estimate of drug-likeness (QED) is 0.500. The van der Waals surface area contributed by atoms with Crippen LogP contribution in [0.5, 0.6) is 5.88 Å². The van der Waals surface area contributed by atoms with Gasteiger partial charge in [0.05, 0.1) is 24.5 Å². The number of hydrogen-bond donors (Lipinski definition) is 3. The lowest BCUT2D eigenvalue weighted by atomic mass is 9.93. The first-order valence-electron chi connectivity index (χ1n) is 11.0. The van der Waals surface area contributed by atoms with Crippen molar-refractivity contribution in [2.24, 2.45) is 5.92 Å². The zero-order valence-electron chi connectivity index (χ0n) is 18.8. The first-order valence-corrected chi connectivity index (χ1v) is 11.0. The standard InChI is InChI=1S/C24H24N6O4/c1-12-10-32-11-19(12)34-24(31)30-20-6-14-5-15(16(7-25)21(26)18(14)9-28-20)17-8-29-23-22(13(17)2)27-3-4-33-23/h5-6,8-9,12,19,27H,3-4,10-11,26H2,1-2H3,(H,28,30,31)/t12-,19+/m1/s1. The van der Waals surface area contributed by atoms with E-state index in [9.17, 15) is 10.1 Å². The number of nitrogen functional groups attached to an aromatic ring is 1. The van der Waals surface area contributed by atoms with Crippen LogP contribution in [-0.4, -0.2) is 48.5 Å². The van der Waals surface area contributed by atoms with Gasteiger partial charge >= 0.3 is 6.09 Å². The third-order valence-corrected chi connectivity index (χ3v) is 6.20. The number of hydrogen-bond acceptors (Lipinski definition) is 9. The summed E-state index contributed by atoms with van der Waals surface area (Å²) in [6.07, 6.45) is 2.33. The van der Waals surface area contributed by atoms with Crippen molar-refractivity contribution in [2.45, 2.75) is 20.0 Å². The number of fused-ring (bicyclic) bond motifs is 2. The summed E-state index contributed by atoms with van der Waals surface area (Å²) in [5.41, 5.74) is 10.2. The molecule has 10 heteroatoms. The average Bonchev–Trinajstić information content (AvgIpc) is 3.23. The van der Waals surface area contributed by atoms with E-state index in [1.54, 1.807) is 18.5 Å². The van der Waals surface area contributed by atoms with Gasteiger partial charge < -0.3 is 25.3 Å². The maximum Gasteiger partial charge on any atom is 0.413 e. The summed E-state index contributed by atoms with van der Waals surface area (Å²) in [4.78, 5) is 21.1. The third-order valence-electron chi connectivity index (χ3n) is 6.20. The van der Waals surface area contributed by atoms with Gasteiger partial charge in [-0.05, 0) is 30.0 Å². The van der Waals surface area contributed by atoms with Crippen LogP contribution in [0.4, 0.5) is 22.0 Å². The molecule has 3 aromatic rings. The van der Waals surface area contributed by atoms with E-state index >= 15 is 0 Å². The predicted octanol–water partition coefficient (Wildman–Crippen LogP) is 3.45. The van der Waals surface area contributed by atoms with E-state index in [2.05, 4.69) is 26.7 Å². The van der Waals surface area contributed by atoms with Crippen molar-refractivity contribution in [3.63, 3.8) is 0 Å². The summed E-state index contributed by atoms with van der Waals surface area (Å²) in [6.45, 7) is 6.08. The van der Waals surface area contributed by atoms with Gasteiger partial charge in [0.15, 0.2) is 0 Å². The van der Waals surface area contributed by atoms with E-state index in [1.165, 1.54) is 0 Å². The smallest absolute Gasteiger partial charge is 0.413 e. The summed E-state index contributed by atoms with van der Waals surface area (Å²) >= 11 is 0. The van der Waals surface area contributed by atoms with Crippen LogP contribution in [0.3, 0.4) is 0 Å². The number of amides is 1. The fourth-order valence-corrected chi connectivity index (χ4v) is 4.28. The van der Waals surface area contributed by atoms with Gasteiger partial charge in [-0.25, -0.2) is 14.8 Å².